The van der Waals surface area contributed by atoms with E-state index in [1.165, 1.54) is 12.1 Å². The highest BCUT2D eigenvalue weighted by Crippen LogP contribution is 2.38. The standard InChI is InChI=1S/C22H24FN3O3/c1-22(2,21(27)28)14-25-9-11-26(12-10-25)20-16-8-7-15(23)13-19(16)29-18-6-4-3-5-17(18)24-20/h3-8,13H,9-12,14H2,1-2H3,(H,27,28). The van der Waals surface area contributed by atoms with E-state index in [1.54, 1.807) is 19.9 Å². The Morgan fingerprint density at radius 2 is 1.86 bits per heavy atom. The lowest BCUT2D eigenvalue weighted by Gasteiger charge is -2.38. The number of nitrogens with zero attached hydrogens (tertiary/aromatic N) is 3. The van der Waals surface area contributed by atoms with Crippen molar-refractivity contribution in [3.63, 3.8) is 0 Å². The van der Waals surface area contributed by atoms with Gasteiger partial charge in [0, 0.05) is 38.8 Å². The number of ether oxygens (including phenoxy) is 1. The van der Waals surface area contributed by atoms with Crippen LogP contribution in [0.2, 0.25) is 0 Å². The molecule has 2 heterocycles. The van der Waals surface area contributed by atoms with Crippen LogP contribution >= 0.6 is 0 Å². The molecule has 2 aromatic carbocycles. The Morgan fingerprint density at radius 3 is 2.59 bits per heavy atom. The molecule has 4 rings (SSSR count). The number of hydrogen-bond acceptors (Lipinski definition) is 5. The van der Waals surface area contributed by atoms with E-state index >= 15 is 0 Å². The molecule has 6 nitrogen and oxygen atoms in total. The van der Waals surface area contributed by atoms with E-state index < -0.39 is 11.4 Å². The van der Waals surface area contributed by atoms with E-state index in [0.717, 1.165) is 24.5 Å². The van der Waals surface area contributed by atoms with Crippen LogP contribution in [0.1, 0.15) is 19.4 Å². The normalized spacial score (nSPS) is 16.9. The molecule has 0 bridgehead atoms. The van der Waals surface area contributed by atoms with Gasteiger partial charge < -0.3 is 14.7 Å². The van der Waals surface area contributed by atoms with Crippen molar-refractivity contribution in [3.05, 3.63) is 53.8 Å². The molecule has 1 saturated heterocycles. The fourth-order valence-electron chi connectivity index (χ4n) is 3.68. The van der Waals surface area contributed by atoms with Crippen molar-refractivity contribution in [2.75, 3.05) is 32.7 Å². The zero-order valence-electron chi connectivity index (χ0n) is 16.6. The van der Waals surface area contributed by atoms with Crippen LogP contribution in [0.15, 0.2) is 47.5 Å². The van der Waals surface area contributed by atoms with Crippen molar-refractivity contribution in [2.24, 2.45) is 10.4 Å². The first kappa shape index (κ1) is 19.4. The minimum Gasteiger partial charge on any atom is -0.481 e. The summed E-state index contributed by atoms with van der Waals surface area (Å²) >= 11 is 0. The van der Waals surface area contributed by atoms with Crippen LogP contribution < -0.4 is 4.74 Å². The first-order valence-corrected chi connectivity index (χ1v) is 9.70. The van der Waals surface area contributed by atoms with Gasteiger partial charge >= 0.3 is 5.97 Å². The first-order chi connectivity index (χ1) is 13.8. The smallest absolute Gasteiger partial charge is 0.310 e. The van der Waals surface area contributed by atoms with E-state index in [4.69, 9.17) is 9.73 Å². The predicted octanol–water partition coefficient (Wildman–Crippen LogP) is 3.74. The highest BCUT2D eigenvalue weighted by atomic mass is 19.1. The van der Waals surface area contributed by atoms with E-state index in [1.807, 2.05) is 24.3 Å². The summed E-state index contributed by atoms with van der Waals surface area (Å²) in [5, 5.41) is 9.38. The van der Waals surface area contributed by atoms with Gasteiger partial charge in [0.1, 0.15) is 23.1 Å². The predicted molar refractivity (Wildman–Crippen MR) is 109 cm³/mol. The molecule has 0 aliphatic carbocycles. The van der Waals surface area contributed by atoms with E-state index in [0.29, 0.717) is 36.8 Å². The summed E-state index contributed by atoms with van der Waals surface area (Å²) in [5.74, 6) is 0.641. The van der Waals surface area contributed by atoms with Crippen LogP contribution in [0.5, 0.6) is 11.5 Å². The van der Waals surface area contributed by atoms with Gasteiger partial charge in [-0.2, -0.15) is 0 Å². The molecular weight excluding hydrogens is 373 g/mol. The summed E-state index contributed by atoms with van der Waals surface area (Å²) in [6.45, 7) is 6.85. The summed E-state index contributed by atoms with van der Waals surface area (Å²) in [6, 6.07) is 12.0. The van der Waals surface area contributed by atoms with Crippen LogP contribution in [0.4, 0.5) is 10.1 Å². The summed E-state index contributed by atoms with van der Waals surface area (Å²) in [6.07, 6.45) is 0. The minimum atomic E-state index is -0.794. The van der Waals surface area contributed by atoms with Gasteiger partial charge in [-0.3, -0.25) is 9.69 Å². The second-order valence-electron chi connectivity index (χ2n) is 8.10. The SMILES string of the molecule is CC(C)(CN1CCN(C2=Nc3ccccc3Oc3cc(F)ccc32)CC1)C(=O)O. The summed E-state index contributed by atoms with van der Waals surface area (Å²) in [4.78, 5) is 20.6. The Bertz CT molecular complexity index is 966. The van der Waals surface area contributed by atoms with Gasteiger partial charge in [-0.05, 0) is 38.1 Å². The number of fused-ring (bicyclic) bond motifs is 2. The van der Waals surface area contributed by atoms with Gasteiger partial charge in [0.15, 0.2) is 5.75 Å². The van der Waals surface area contributed by atoms with Crippen LogP contribution in [0.3, 0.4) is 0 Å². The number of aliphatic imine (C=N–C) groups is 1. The van der Waals surface area contributed by atoms with Gasteiger partial charge in [-0.25, -0.2) is 9.38 Å². The Morgan fingerprint density at radius 1 is 1.14 bits per heavy atom. The average Bonchev–Trinajstić information content (AvgIpc) is 2.84. The van der Waals surface area contributed by atoms with E-state index in [9.17, 15) is 14.3 Å². The molecule has 2 aliphatic rings. The second kappa shape index (κ2) is 7.48. The number of carboxylic acid groups (broad SMARTS) is 1. The molecule has 0 aromatic heterocycles. The number of hydrogen-bond donors (Lipinski definition) is 1. The number of carboxylic acids is 1. The number of piperazine rings is 1. The molecule has 7 heteroatoms. The Kier molecular flexibility index (Phi) is 5.00. The van der Waals surface area contributed by atoms with Crippen molar-refractivity contribution in [3.8, 4) is 11.5 Å². The third-order valence-corrected chi connectivity index (χ3v) is 5.37. The lowest BCUT2D eigenvalue weighted by Crippen LogP contribution is -2.52. The quantitative estimate of drug-likeness (QED) is 0.855. The topological polar surface area (TPSA) is 65.4 Å². The zero-order chi connectivity index (χ0) is 20.6. The van der Waals surface area contributed by atoms with Crippen LogP contribution in [0, 0.1) is 11.2 Å². The molecule has 0 amide bonds. The summed E-state index contributed by atoms with van der Waals surface area (Å²) < 4.78 is 19.8. The molecule has 0 unspecified atom stereocenters. The number of amidine groups is 1. The number of rotatable bonds is 3. The maximum Gasteiger partial charge on any atom is 0.310 e. The molecule has 1 N–H and O–H groups in total. The highest BCUT2D eigenvalue weighted by molar-refractivity contribution is 6.03. The van der Waals surface area contributed by atoms with E-state index in [2.05, 4.69) is 9.80 Å². The highest BCUT2D eigenvalue weighted by Gasteiger charge is 2.32. The molecule has 2 aliphatic heterocycles. The lowest BCUT2D eigenvalue weighted by molar-refractivity contribution is -0.148. The molecule has 29 heavy (non-hydrogen) atoms. The van der Waals surface area contributed by atoms with Gasteiger partial charge in [-0.1, -0.05) is 12.1 Å². The van der Waals surface area contributed by atoms with Crippen LogP contribution in [0.25, 0.3) is 0 Å². The fourth-order valence-corrected chi connectivity index (χ4v) is 3.68. The number of halogens is 1. The van der Waals surface area contributed by atoms with Crippen molar-refractivity contribution in [1.29, 1.82) is 0 Å². The summed E-state index contributed by atoms with van der Waals surface area (Å²) in [5.41, 5.74) is 0.661. The maximum atomic E-state index is 13.9. The number of para-hydroxylation sites is 2. The lowest BCUT2D eigenvalue weighted by atomic mass is 9.93. The summed E-state index contributed by atoms with van der Waals surface area (Å²) in [7, 11) is 0. The number of aliphatic carboxylic acids is 1. The first-order valence-electron chi connectivity index (χ1n) is 9.70. The van der Waals surface area contributed by atoms with Crippen molar-refractivity contribution in [1.82, 2.24) is 9.80 Å². The van der Waals surface area contributed by atoms with Crippen molar-refractivity contribution in [2.45, 2.75) is 13.8 Å². The molecule has 2 aromatic rings. The van der Waals surface area contributed by atoms with Gasteiger partial charge in [0.05, 0.1) is 11.0 Å². The second-order valence-corrected chi connectivity index (χ2v) is 8.10. The monoisotopic (exact) mass is 397 g/mol. The largest absolute Gasteiger partial charge is 0.481 e. The Hall–Kier alpha value is -2.93. The maximum absolute atomic E-state index is 13.9. The number of carbonyl (C=O) groups is 1. The molecule has 152 valence electrons. The van der Waals surface area contributed by atoms with Crippen molar-refractivity contribution < 1.29 is 19.0 Å². The molecule has 0 atom stereocenters. The third-order valence-electron chi connectivity index (χ3n) is 5.37. The third kappa shape index (κ3) is 3.96. The van der Waals surface area contributed by atoms with Crippen molar-refractivity contribution >= 4 is 17.5 Å². The molecule has 0 saturated carbocycles. The molecule has 0 radical (unpaired) electrons. The van der Waals surface area contributed by atoms with E-state index in [-0.39, 0.29) is 5.82 Å². The molecule has 1 fully saturated rings. The fraction of sp³-hybridized carbons (Fsp3) is 0.364. The Labute approximate surface area is 169 Å². The minimum absolute atomic E-state index is 0.358. The van der Waals surface area contributed by atoms with Gasteiger partial charge in [0.2, 0.25) is 0 Å². The number of benzene rings is 2. The molecule has 0 spiro atoms. The average molecular weight is 397 g/mol. The van der Waals surface area contributed by atoms with Crippen LogP contribution in [-0.4, -0.2) is 59.4 Å². The zero-order valence-corrected chi connectivity index (χ0v) is 16.6. The Balaban J connectivity index is 1.60. The van der Waals surface area contributed by atoms with Gasteiger partial charge in [-0.15, -0.1) is 0 Å². The van der Waals surface area contributed by atoms with Crippen LogP contribution in [-0.2, 0) is 4.79 Å². The molecular formula is C22H24FN3O3. The van der Waals surface area contributed by atoms with Gasteiger partial charge in [0.25, 0.3) is 0 Å².